The maximum atomic E-state index is 13.3. The molecule has 0 spiro atoms. The van der Waals surface area contributed by atoms with E-state index in [0.717, 1.165) is 67.2 Å². The van der Waals surface area contributed by atoms with Crippen LogP contribution in [-0.2, 0) is 24.1 Å². The highest BCUT2D eigenvalue weighted by atomic mass is 35.5. The molecule has 1 fully saturated rings. The van der Waals surface area contributed by atoms with Gasteiger partial charge in [-0.2, -0.15) is 5.10 Å². The molecule has 0 radical (unpaired) electrons. The minimum Gasteiger partial charge on any atom is -0.381 e. The zero-order valence-corrected chi connectivity index (χ0v) is 20.1. The van der Waals surface area contributed by atoms with E-state index in [1.165, 1.54) is 0 Å². The first kappa shape index (κ1) is 23.1. The van der Waals surface area contributed by atoms with Gasteiger partial charge in [-0.1, -0.05) is 29.3 Å². The highest BCUT2D eigenvalue weighted by Crippen LogP contribution is 2.29. The smallest absolute Gasteiger partial charge is 0.318 e. The molecule has 2 aliphatic rings. The number of rotatable bonds is 5. The van der Waals surface area contributed by atoms with Crippen molar-refractivity contribution < 1.29 is 9.53 Å². The standard InChI is InChI=1S/C24H26Cl2N6O2/c25-18-2-1-16(12-19(18)26)23(20-3-7-28-31-20)30-24(33)32-8-4-17-13-27-22(29-21(17)14-32)11-15-5-9-34-10-6-15/h1-3,7,12-13,15,23H,4-6,8-11,14H2,(H,28,31)(H,30,33). The lowest BCUT2D eigenvalue weighted by atomic mass is 9.96. The van der Waals surface area contributed by atoms with Crippen LogP contribution in [0.2, 0.25) is 10.0 Å². The topological polar surface area (TPSA) is 96.0 Å². The number of carbonyl (C=O) groups excluding carboxylic acids is 1. The summed E-state index contributed by atoms with van der Waals surface area (Å²) in [6.07, 6.45) is 7.23. The van der Waals surface area contributed by atoms with Gasteiger partial charge < -0.3 is 15.0 Å². The third-order valence-electron chi connectivity index (χ3n) is 6.47. The number of hydrogen-bond donors (Lipinski definition) is 2. The van der Waals surface area contributed by atoms with E-state index in [1.807, 2.05) is 18.3 Å². The van der Waals surface area contributed by atoms with Crippen molar-refractivity contribution in [3.63, 3.8) is 0 Å². The van der Waals surface area contributed by atoms with Gasteiger partial charge in [0.2, 0.25) is 0 Å². The Bertz CT molecular complexity index is 1150. The summed E-state index contributed by atoms with van der Waals surface area (Å²) in [6, 6.07) is 6.54. The maximum absolute atomic E-state index is 13.3. The molecule has 4 heterocycles. The molecule has 178 valence electrons. The average molecular weight is 501 g/mol. The van der Waals surface area contributed by atoms with Gasteiger partial charge in [0.05, 0.1) is 34.0 Å². The van der Waals surface area contributed by atoms with Gasteiger partial charge in [0, 0.05) is 38.6 Å². The molecular formula is C24H26Cl2N6O2. The van der Waals surface area contributed by atoms with Gasteiger partial charge in [-0.3, -0.25) is 5.10 Å². The number of carbonyl (C=O) groups is 1. The fourth-order valence-electron chi connectivity index (χ4n) is 4.50. The lowest BCUT2D eigenvalue weighted by Crippen LogP contribution is -2.44. The molecular weight excluding hydrogens is 475 g/mol. The first-order valence-electron chi connectivity index (χ1n) is 11.5. The molecule has 1 atom stereocenters. The number of urea groups is 1. The Morgan fingerprint density at radius 3 is 2.85 bits per heavy atom. The lowest BCUT2D eigenvalue weighted by molar-refractivity contribution is 0.0659. The second-order valence-corrected chi connectivity index (χ2v) is 9.57. The van der Waals surface area contributed by atoms with Gasteiger partial charge in [-0.05, 0) is 54.5 Å². The normalized spacial score (nSPS) is 17.3. The van der Waals surface area contributed by atoms with Crippen molar-refractivity contribution in [2.75, 3.05) is 19.8 Å². The van der Waals surface area contributed by atoms with Crippen LogP contribution in [0, 0.1) is 5.92 Å². The SMILES string of the molecule is O=C(NC(c1ccc(Cl)c(Cl)c1)c1ccn[nH]1)N1CCc2cnc(CC3CCOCC3)nc2C1. The molecule has 2 amide bonds. The largest absolute Gasteiger partial charge is 0.381 e. The predicted molar refractivity (Wildman–Crippen MR) is 129 cm³/mol. The number of H-pyrrole nitrogens is 1. The predicted octanol–water partition coefficient (Wildman–Crippen LogP) is 4.33. The molecule has 5 rings (SSSR count). The van der Waals surface area contributed by atoms with Crippen molar-refractivity contribution in [1.29, 1.82) is 0 Å². The number of aromatic nitrogens is 4. The van der Waals surface area contributed by atoms with Crippen LogP contribution in [0.15, 0.2) is 36.7 Å². The second kappa shape index (κ2) is 10.3. The van der Waals surface area contributed by atoms with Crippen LogP contribution >= 0.6 is 23.2 Å². The molecule has 34 heavy (non-hydrogen) atoms. The Kier molecular flexibility index (Phi) is 6.99. The monoisotopic (exact) mass is 500 g/mol. The molecule has 8 nitrogen and oxygen atoms in total. The van der Waals surface area contributed by atoms with Crippen molar-refractivity contribution in [2.45, 2.75) is 38.3 Å². The van der Waals surface area contributed by atoms with E-state index < -0.39 is 6.04 Å². The summed E-state index contributed by atoms with van der Waals surface area (Å²) in [5.74, 6) is 1.40. The van der Waals surface area contributed by atoms with Crippen molar-refractivity contribution in [2.24, 2.45) is 5.92 Å². The van der Waals surface area contributed by atoms with E-state index in [-0.39, 0.29) is 6.03 Å². The summed E-state index contributed by atoms with van der Waals surface area (Å²) in [6.45, 7) is 2.65. The molecule has 0 aliphatic carbocycles. The van der Waals surface area contributed by atoms with Crippen LogP contribution in [0.3, 0.4) is 0 Å². The van der Waals surface area contributed by atoms with E-state index in [2.05, 4.69) is 20.5 Å². The van der Waals surface area contributed by atoms with Crippen LogP contribution in [-0.4, -0.2) is 50.9 Å². The Balaban J connectivity index is 1.30. The second-order valence-electron chi connectivity index (χ2n) is 8.76. The van der Waals surface area contributed by atoms with Crippen molar-refractivity contribution in [3.05, 3.63) is 75.0 Å². The quantitative estimate of drug-likeness (QED) is 0.543. The number of hydrogen-bond acceptors (Lipinski definition) is 5. The number of fused-ring (bicyclic) bond motifs is 1. The minimum absolute atomic E-state index is 0.180. The maximum Gasteiger partial charge on any atom is 0.318 e. The van der Waals surface area contributed by atoms with E-state index in [0.29, 0.717) is 29.1 Å². The Morgan fingerprint density at radius 1 is 1.24 bits per heavy atom. The van der Waals surface area contributed by atoms with Crippen LogP contribution < -0.4 is 5.32 Å². The number of aromatic amines is 1. The molecule has 2 N–H and O–H groups in total. The third kappa shape index (κ3) is 5.19. The van der Waals surface area contributed by atoms with Gasteiger partial charge in [0.15, 0.2) is 0 Å². The molecule has 2 aromatic heterocycles. The van der Waals surface area contributed by atoms with E-state index in [1.54, 1.807) is 23.2 Å². The number of amides is 2. The third-order valence-corrected chi connectivity index (χ3v) is 7.21. The van der Waals surface area contributed by atoms with Crippen molar-refractivity contribution >= 4 is 29.2 Å². The number of nitrogens with one attached hydrogen (secondary N) is 2. The molecule has 1 saturated heterocycles. The summed E-state index contributed by atoms with van der Waals surface area (Å²) >= 11 is 12.3. The number of halogens is 2. The molecule has 2 aliphatic heterocycles. The van der Waals surface area contributed by atoms with Gasteiger partial charge in [0.25, 0.3) is 0 Å². The molecule has 3 aromatic rings. The van der Waals surface area contributed by atoms with Crippen molar-refractivity contribution in [3.8, 4) is 0 Å². The fourth-order valence-corrected chi connectivity index (χ4v) is 4.81. The van der Waals surface area contributed by atoms with Crippen LogP contribution in [0.1, 0.15) is 47.2 Å². The average Bonchev–Trinajstić information content (AvgIpc) is 3.39. The Labute approximate surface area is 208 Å². The molecule has 1 unspecified atom stereocenters. The molecule has 1 aromatic carbocycles. The Hall–Kier alpha value is -2.68. The molecule has 0 saturated carbocycles. The lowest BCUT2D eigenvalue weighted by Gasteiger charge is -2.30. The van der Waals surface area contributed by atoms with Gasteiger partial charge in [-0.25, -0.2) is 14.8 Å². The summed E-state index contributed by atoms with van der Waals surface area (Å²) in [5, 5.41) is 11.0. The number of ether oxygens (including phenoxy) is 1. The summed E-state index contributed by atoms with van der Waals surface area (Å²) in [7, 11) is 0. The zero-order valence-electron chi connectivity index (χ0n) is 18.6. The van der Waals surface area contributed by atoms with Crippen molar-refractivity contribution in [1.82, 2.24) is 30.4 Å². The van der Waals surface area contributed by atoms with Crippen LogP contribution in [0.5, 0.6) is 0 Å². The number of benzene rings is 1. The first-order valence-corrected chi connectivity index (χ1v) is 12.2. The number of nitrogens with zero attached hydrogens (tertiary/aromatic N) is 4. The zero-order chi connectivity index (χ0) is 23.5. The highest BCUT2D eigenvalue weighted by molar-refractivity contribution is 6.42. The van der Waals surface area contributed by atoms with E-state index >= 15 is 0 Å². The van der Waals surface area contributed by atoms with E-state index in [4.69, 9.17) is 32.9 Å². The van der Waals surface area contributed by atoms with Crippen LogP contribution in [0.4, 0.5) is 4.79 Å². The van der Waals surface area contributed by atoms with Gasteiger partial charge >= 0.3 is 6.03 Å². The van der Waals surface area contributed by atoms with Gasteiger partial charge in [0.1, 0.15) is 5.82 Å². The fraction of sp³-hybridized carbons (Fsp3) is 0.417. The molecule has 0 bridgehead atoms. The summed E-state index contributed by atoms with van der Waals surface area (Å²) in [5.41, 5.74) is 3.59. The summed E-state index contributed by atoms with van der Waals surface area (Å²) in [4.78, 5) is 24.5. The van der Waals surface area contributed by atoms with Crippen LogP contribution in [0.25, 0.3) is 0 Å². The first-order chi connectivity index (χ1) is 16.6. The summed E-state index contributed by atoms with van der Waals surface area (Å²) < 4.78 is 5.46. The Morgan fingerprint density at radius 2 is 2.09 bits per heavy atom. The minimum atomic E-state index is -0.444. The molecule has 10 heteroatoms. The highest BCUT2D eigenvalue weighted by Gasteiger charge is 2.27. The van der Waals surface area contributed by atoms with E-state index in [9.17, 15) is 4.79 Å². The van der Waals surface area contributed by atoms with Gasteiger partial charge in [-0.15, -0.1) is 0 Å².